The maximum Gasteiger partial charge on any atom is 0.270 e. The fourth-order valence-electron chi connectivity index (χ4n) is 1.94. The second-order valence-corrected chi connectivity index (χ2v) is 7.01. The summed E-state index contributed by atoms with van der Waals surface area (Å²) in [5.41, 5.74) is 0.511. The molecule has 0 unspecified atom stereocenters. The standard InChI is InChI=1S/C14H7ClN2O3S3/c15-10-5-7(17(18)19)1-3-9(10)11-4-2-8(20-11)6-12-13(21)16-14(22)23-12/h1-6H,(H,16,21,22). The zero-order valence-corrected chi connectivity index (χ0v) is 14.4. The van der Waals surface area contributed by atoms with Gasteiger partial charge in [0.15, 0.2) is 0 Å². The van der Waals surface area contributed by atoms with E-state index in [0.717, 1.165) is 4.91 Å². The maximum atomic E-state index is 10.7. The van der Waals surface area contributed by atoms with E-state index in [1.165, 1.54) is 23.9 Å². The first kappa shape index (κ1) is 16.1. The summed E-state index contributed by atoms with van der Waals surface area (Å²) >= 11 is 17.7. The van der Waals surface area contributed by atoms with Crippen molar-refractivity contribution in [2.75, 3.05) is 0 Å². The van der Waals surface area contributed by atoms with Crippen LogP contribution in [0.2, 0.25) is 5.02 Å². The Morgan fingerprint density at radius 1 is 1.30 bits per heavy atom. The molecular formula is C14H7ClN2O3S3. The molecule has 1 aliphatic heterocycles. The number of non-ortho nitro benzene ring substituents is 1. The van der Waals surface area contributed by atoms with Crippen molar-refractivity contribution in [1.29, 1.82) is 0 Å². The van der Waals surface area contributed by atoms with Crippen molar-refractivity contribution in [3.8, 4) is 11.3 Å². The number of furan rings is 1. The maximum absolute atomic E-state index is 10.7. The summed E-state index contributed by atoms with van der Waals surface area (Å²) in [6.45, 7) is 0. The molecule has 0 amide bonds. The van der Waals surface area contributed by atoms with Gasteiger partial charge in [-0.15, -0.1) is 0 Å². The van der Waals surface area contributed by atoms with Crippen LogP contribution in [-0.4, -0.2) is 14.2 Å². The van der Waals surface area contributed by atoms with E-state index in [1.54, 1.807) is 24.3 Å². The SMILES string of the molecule is O=[N+]([O-])c1ccc(-c2ccc(C=C3SC(=S)NC3=S)o2)c(Cl)c1. The van der Waals surface area contributed by atoms with Crippen molar-refractivity contribution in [2.24, 2.45) is 0 Å². The number of thiocarbonyl (C=S) groups is 2. The number of hydrogen-bond acceptors (Lipinski definition) is 6. The van der Waals surface area contributed by atoms with Gasteiger partial charge in [0.05, 0.1) is 14.9 Å². The van der Waals surface area contributed by atoms with Gasteiger partial charge in [0.2, 0.25) is 0 Å². The number of nitrogens with one attached hydrogen (secondary N) is 1. The molecule has 1 aliphatic rings. The number of hydrogen-bond donors (Lipinski definition) is 1. The van der Waals surface area contributed by atoms with E-state index in [2.05, 4.69) is 5.32 Å². The Bertz CT molecular complexity index is 876. The average Bonchev–Trinajstić information content (AvgIpc) is 3.06. The van der Waals surface area contributed by atoms with Gasteiger partial charge < -0.3 is 9.73 Å². The molecule has 1 saturated heterocycles. The fourth-order valence-corrected chi connectivity index (χ4v) is 3.67. The summed E-state index contributed by atoms with van der Waals surface area (Å²) in [6, 6.07) is 7.74. The molecule has 2 aromatic rings. The molecule has 2 heterocycles. The summed E-state index contributed by atoms with van der Waals surface area (Å²) in [5.74, 6) is 1.10. The molecule has 1 aromatic heterocycles. The second kappa shape index (κ2) is 6.40. The van der Waals surface area contributed by atoms with Gasteiger partial charge in [-0.25, -0.2) is 0 Å². The largest absolute Gasteiger partial charge is 0.457 e. The first-order chi connectivity index (χ1) is 10.9. The van der Waals surface area contributed by atoms with Crippen molar-refractivity contribution in [1.82, 2.24) is 5.32 Å². The van der Waals surface area contributed by atoms with Crippen LogP contribution < -0.4 is 5.32 Å². The molecule has 1 aromatic carbocycles. The number of nitro groups is 1. The molecule has 3 rings (SSSR count). The molecule has 116 valence electrons. The minimum Gasteiger partial charge on any atom is -0.457 e. The monoisotopic (exact) mass is 382 g/mol. The van der Waals surface area contributed by atoms with Crippen molar-refractivity contribution in [3.63, 3.8) is 0 Å². The zero-order chi connectivity index (χ0) is 16.6. The minimum absolute atomic E-state index is 0.0695. The number of benzene rings is 1. The van der Waals surface area contributed by atoms with Crippen LogP contribution in [0.4, 0.5) is 5.69 Å². The van der Waals surface area contributed by atoms with E-state index in [-0.39, 0.29) is 10.7 Å². The van der Waals surface area contributed by atoms with Gasteiger partial charge in [0.25, 0.3) is 5.69 Å². The van der Waals surface area contributed by atoms with E-state index in [4.69, 9.17) is 40.5 Å². The highest BCUT2D eigenvalue weighted by atomic mass is 35.5. The van der Waals surface area contributed by atoms with Gasteiger partial charge in [0.1, 0.15) is 20.8 Å². The molecule has 0 aliphatic carbocycles. The van der Waals surface area contributed by atoms with E-state index in [0.29, 0.717) is 26.4 Å². The smallest absolute Gasteiger partial charge is 0.270 e. The minimum atomic E-state index is -0.498. The van der Waals surface area contributed by atoms with Crippen LogP contribution in [0.15, 0.2) is 39.7 Å². The zero-order valence-electron chi connectivity index (χ0n) is 11.2. The van der Waals surface area contributed by atoms with Crippen LogP contribution in [0, 0.1) is 10.1 Å². The number of rotatable bonds is 3. The van der Waals surface area contributed by atoms with Gasteiger partial charge in [0, 0.05) is 17.7 Å². The Morgan fingerprint density at radius 3 is 2.70 bits per heavy atom. The van der Waals surface area contributed by atoms with Crippen LogP contribution in [0.3, 0.4) is 0 Å². The Balaban J connectivity index is 1.91. The summed E-state index contributed by atoms with van der Waals surface area (Å²) in [7, 11) is 0. The van der Waals surface area contributed by atoms with Gasteiger partial charge in [-0.3, -0.25) is 10.1 Å². The van der Waals surface area contributed by atoms with Crippen LogP contribution in [0.5, 0.6) is 0 Å². The molecule has 1 N–H and O–H groups in total. The highest BCUT2D eigenvalue weighted by Crippen LogP contribution is 2.34. The molecule has 0 saturated carbocycles. The van der Waals surface area contributed by atoms with Crippen LogP contribution in [0.1, 0.15) is 5.76 Å². The second-order valence-electron chi connectivity index (χ2n) is 4.48. The lowest BCUT2D eigenvalue weighted by Gasteiger charge is -2.00. The number of nitro benzene ring substituents is 1. The Kier molecular flexibility index (Phi) is 4.49. The molecule has 9 heteroatoms. The number of halogens is 1. The van der Waals surface area contributed by atoms with Gasteiger partial charge in [-0.1, -0.05) is 47.8 Å². The van der Waals surface area contributed by atoms with Crippen molar-refractivity contribution < 1.29 is 9.34 Å². The molecule has 1 fully saturated rings. The van der Waals surface area contributed by atoms with E-state index in [1.807, 2.05) is 0 Å². The van der Waals surface area contributed by atoms with Crippen LogP contribution in [-0.2, 0) is 0 Å². The summed E-state index contributed by atoms with van der Waals surface area (Å²) < 4.78 is 6.32. The van der Waals surface area contributed by atoms with Crippen LogP contribution >= 0.6 is 47.8 Å². The van der Waals surface area contributed by atoms with Gasteiger partial charge in [-0.2, -0.15) is 0 Å². The molecule has 0 radical (unpaired) electrons. The summed E-state index contributed by atoms with van der Waals surface area (Å²) in [4.78, 5) is 11.6. The predicted molar refractivity (Wildman–Crippen MR) is 99.7 cm³/mol. The third kappa shape index (κ3) is 3.45. The lowest BCUT2D eigenvalue weighted by Crippen LogP contribution is -2.15. The van der Waals surface area contributed by atoms with E-state index in [9.17, 15) is 10.1 Å². The number of nitrogens with zero attached hydrogens (tertiary/aromatic N) is 1. The first-order valence-corrected chi connectivity index (χ1v) is 8.24. The highest BCUT2D eigenvalue weighted by Gasteiger charge is 2.19. The number of thioether (sulfide) groups is 1. The summed E-state index contributed by atoms with van der Waals surface area (Å²) in [6.07, 6.45) is 1.78. The Morgan fingerprint density at radius 2 is 2.09 bits per heavy atom. The molecule has 0 bridgehead atoms. The third-order valence-electron chi connectivity index (χ3n) is 2.97. The van der Waals surface area contributed by atoms with Crippen molar-refractivity contribution in [2.45, 2.75) is 0 Å². The highest BCUT2D eigenvalue weighted by molar-refractivity contribution is 8.27. The van der Waals surface area contributed by atoms with Gasteiger partial charge in [-0.05, 0) is 24.3 Å². The first-order valence-electron chi connectivity index (χ1n) is 6.23. The topological polar surface area (TPSA) is 68.3 Å². The quantitative estimate of drug-likeness (QED) is 0.354. The van der Waals surface area contributed by atoms with Gasteiger partial charge >= 0.3 is 0 Å². The Hall–Kier alpha value is -1.74. The molecule has 5 nitrogen and oxygen atoms in total. The lowest BCUT2D eigenvalue weighted by atomic mass is 10.1. The Labute approximate surface area is 150 Å². The molecule has 0 atom stereocenters. The normalized spacial score (nSPS) is 16.0. The average molecular weight is 383 g/mol. The summed E-state index contributed by atoms with van der Waals surface area (Å²) in [5, 5.41) is 13.9. The molecule has 23 heavy (non-hydrogen) atoms. The predicted octanol–water partition coefficient (Wildman–Crippen LogP) is 4.80. The van der Waals surface area contributed by atoms with E-state index < -0.39 is 4.92 Å². The molecular weight excluding hydrogens is 376 g/mol. The van der Waals surface area contributed by atoms with Crippen molar-refractivity contribution in [3.05, 3.63) is 56.1 Å². The van der Waals surface area contributed by atoms with E-state index >= 15 is 0 Å². The lowest BCUT2D eigenvalue weighted by molar-refractivity contribution is -0.384. The fraction of sp³-hybridized carbons (Fsp3) is 0. The van der Waals surface area contributed by atoms with Crippen LogP contribution in [0.25, 0.3) is 17.4 Å². The van der Waals surface area contributed by atoms with Crippen molar-refractivity contribution >= 4 is 68.9 Å². The third-order valence-corrected chi connectivity index (χ3v) is 4.92. The molecule has 0 spiro atoms.